The molecule has 2 aromatic carbocycles. The number of fused-ring (bicyclic) bond motifs is 4. The van der Waals surface area contributed by atoms with Gasteiger partial charge in [-0.2, -0.15) is 36.9 Å². The number of nitriles is 2. The largest absolute Gasteiger partial charge is 0.417 e. The molecule has 0 aromatic heterocycles. The van der Waals surface area contributed by atoms with Crippen molar-refractivity contribution in [1.82, 2.24) is 0 Å². The van der Waals surface area contributed by atoms with Gasteiger partial charge in [0.05, 0.1) is 82.9 Å². The van der Waals surface area contributed by atoms with Gasteiger partial charge in [-0.15, -0.1) is 0 Å². The average molecular weight is 729 g/mol. The van der Waals surface area contributed by atoms with Gasteiger partial charge in [-0.3, -0.25) is 19.4 Å². The Morgan fingerprint density at radius 2 is 1.06 bits per heavy atom. The van der Waals surface area contributed by atoms with E-state index in [1.807, 2.05) is 0 Å². The molecule has 8 heterocycles. The van der Waals surface area contributed by atoms with Crippen molar-refractivity contribution in [2.45, 2.75) is 86.7 Å². The minimum atomic E-state index is -4.67. The molecule has 8 saturated heterocycles. The maximum absolute atomic E-state index is 13.3. The highest BCUT2D eigenvalue weighted by Crippen LogP contribution is 2.62. The van der Waals surface area contributed by atoms with Gasteiger partial charge in [-0.25, -0.2) is 0 Å². The molecule has 10 rings (SSSR count). The number of hydrogen-bond donors (Lipinski definition) is 0. The molecule has 2 spiro atoms. The van der Waals surface area contributed by atoms with Gasteiger partial charge >= 0.3 is 12.4 Å². The zero-order chi connectivity index (χ0) is 36.5. The maximum Gasteiger partial charge on any atom is 0.417 e. The molecule has 8 aliphatic heterocycles. The Morgan fingerprint density at radius 3 is 1.42 bits per heavy atom. The third-order valence-corrected chi connectivity index (χ3v) is 12.5. The van der Waals surface area contributed by atoms with Crippen molar-refractivity contribution >= 4 is 23.2 Å². The molecule has 8 aliphatic rings. The van der Waals surface area contributed by atoms with Gasteiger partial charge in [0.15, 0.2) is 0 Å². The normalized spacial score (nSPS) is 37.8. The summed E-state index contributed by atoms with van der Waals surface area (Å²) in [6, 6.07) is 9.89. The lowest BCUT2D eigenvalue weighted by Gasteiger charge is -2.41. The molecule has 16 heteroatoms. The summed E-state index contributed by atoms with van der Waals surface area (Å²) in [6.45, 7) is 0.819. The average Bonchev–Trinajstić information content (AvgIpc) is 3.95. The van der Waals surface area contributed by atoms with Crippen LogP contribution < -0.4 is 9.80 Å². The van der Waals surface area contributed by atoms with E-state index in [0.717, 1.165) is 49.9 Å². The van der Waals surface area contributed by atoms with Crippen LogP contribution in [-0.4, -0.2) is 60.9 Å². The Balaban J connectivity index is 0.000000138. The van der Waals surface area contributed by atoms with Gasteiger partial charge in [-0.1, -0.05) is 0 Å². The van der Waals surface area contributed by atoms with Crippen LogP contribution in [-0.2, 0) is 40.9 Å². The standard InChI is InChI=1S/2C18H15F3N2O3/c2*19-18(20,21)11-7-10(2-1-9(11)8-22)23-15(24)13-12-3-4-17(26-12)5-6-25-16(23)14(13)17/h2*1-2,7,12-14,16H,3-6H2/t2*12-,13-,14+,16+,17-/m10/s1. The van der Waals surface area contributed by atoms with Crippen LogP contribution in [0.5, 0.6) is 0 Å². The molecule has 4 bridgehead atoms. The minimum absolute atomic E-state index is 0.122. The van der Waals surface area contributed by atoms with E-state index in [9.17, 15) is 35.9 Å². The van der Waals surface area contributed by atoms with Crippen molar-refractivity contribution in [3.8, 4) is 12.1 Å². The molecule has 10 atom stereocenters. The second kappa shape index (κ2) is 11.1. The van der Waals surface area contributed by atoms with Crippen LogP contribution in [0.4, 0.5) is 37.7 Å². The van der Waals surface area contributed by atoms with Crippen LogP contribution in [0.25, 0.3) is 0 Å². The number of hydrogen-bond acceptors (Lipinski definition) is 8. The van der Waals surface area contributed by atoms with Gasteiger partial charge in [0.2, 0.25) is 11.8 Å². The van der Waals surface area contributed by atoms with E-state index in [0.29, 0.717) is 26.1 Å². The Bertz CT molecular complexity index is 1840. The molecular weight excluding hydrogens is 698 g/mol. The van der Waals surface area contributed by atoms with Crippen molar-refractivity contribution in [3.63, 3.8) is 0 Å². The molecule has 0 unspecified atom stereocenters. The highest BCUT2D eigenvalue weighted by Gasteiger charge is 2.72. The maximum atomic E-state index is 13.3. The first-order valence-corrected chi connectivity index (χ1v) is 17.2. The predicted octanol–water partition coefficient (Wildman–Crippen LogP) is 5.67. The Hall–Kier alpha value is -4.22. The predicted molar refractivity (Wildman–Crippen MR) is 164 cm³/mol. The highest BCUT2D eigenvalue weighted by atomic mass is 19.4. The molecule has 8 fully saturated rings. The summed E-state index contributed by atoms with van der Waals surface area (Å²) in [6.07, 6.45) is -6.17. The Kier molecular flexibility index (Phi) is 7.20. The smallest absolute Gasteiger partial charge is 0.370 e. The summed E-state index contributed by atoms with van der Waals surface area (Å²) in [5, 5.41) is 17.9. The lowest BCUT2D eigenvalue weighted by atomic mass is 9.70. The number of halogens is 6. The van der Waals surface area contributed by atoms with Crippen LogP contribution in [0.1, 0.15) is 60.8 Å². The van der Waals surface area contributed by atoms with E-state index < -0.39 is 47.1 Å². The minimum Gasteiger partial charge on any atom is -0.370 e. The van der Waals surface area contributed by atoms with Crippen molar-refractivity contribution in [2.75, 3.05) is 23.0 Å². The Labute approximate surface area is 292 Å². The molecule has 272 valence electrons. The van der Waals surface area contributed by atoms with Crippen molar-refractivity contribution in [2.24, 2.45) is 23.7 Å². The molecule has 0 aliphatic carbocycles. The van der Waals surface area contributed by atoms with Crippen LogP contribution in [0, 0.1) is 46.3 Å². The monoisotopic (exact) mass is 728 g/mol. The fourth-order valence-corrected chi connectivity index (χ4v) is 10.5. The zero-order valence-electron chi connectivity index (χ0n) is 27.2. The summed E-state index contributed by atoms with van der Waals surface area (Å²) < 4.78 is 104. The number of carbonyl (C=O) groups is 2. The third-order valence-electron chi connectivity index (χ3n) is 12.5. The lowest BCUT2D eigenvalue weighted by Crippen LogP contribution is -2.51. The lowest BCUT2D eigenvalue weighted by molar-refractivity contribution is -0.138. The van der Waals surface area contributed by atoms with Crippen molar-refractivity contribution in [3.05, 3.63) is 58.7 Å². The zero-order valence-corrected chi connectivity index (χ0v) is 27.2. The second-order valence-corrected chi connectivity index (χ2v) is 14.7. The van der Waals surface area contributed by atoms with Crippen molar-refractivity contribution in [1.29, 1.82) is 10.5 Å². The highest BCUT2D eigenvalue weighted by molar-refractivity contribution is 6.00. The summed E-state index contributed by atoms with van der Waals surface area (Å²) in [4.78, 5) is 28.8. The quantitative estimate of drug-likeness (QED) is 0.363. The number of rotatable bonds is 2. The number of amides is 2. The SMILES string of the molecule is N#Cc1ccc(N2C(=O)[C@@H]3[C@@H]4[C@H]2OCC[C@@]42CC[C@@H]3O2)cc1C(F)(F)F.N#Cc1ccc(N2C(=O)[C@H]3[C@H]4[C@@H]2OCC[C@]42CC[C@H]3O2)cc1C(F)(F)F. The molecule has 2 aromatic rings. The van der Waals surface area contributed by atoms with Crippen LogP contribution >= 0.6 is 0 Å². The summed E-state index contributed by atoms with van der Waals surface area (Å²) >= 11 is 0. The fourth-order valence-electron chi connectivity index (χ4n) is 10.5. The van der Waals surface area contributed by atoms with E-state index in [1.54, 1.807) is 12.1 Å². The van der Waals surface area contributed by atoms with Crippen molar-refractivity contribution < 1.29 is 54.9 Å². The number of ether oxygens (including phenoxy) is 4. The fraction of sp³-hybridized carbons (Fsp3) is 0.556. The molecule has 0 radical (unpaired) electrons. The molecule has 2 amide bonds. The summed E-state index contributed by atoms with van der Waals surface area (Å²) in [5.74, 6) is -1.50. The molecule has 52 heavy (non-hydrogen) atoms. The molecule has 0 N–H and O–H groups in total. The number of alkyl halides is 6. The van der Waals surface area contributed by atoms with E-state index in [2.05, 4.69) is 0 Å². The van der Waals surface area contributed by atoms with E-state index in [-0.39, 0.29) is 70.3 Å². The first-order chi connectivity index (χ1) is 24.7. The van der Waals surface area contributed by atoms with Gasteiger partial charge in [-0.05, 0) is 62.1 Å². The van der Waals surface area contributed by atoms with Gasteiger partial charge in [0, 0.05) is 36.1 Å². The Morgan fingerprint density at radius 1 is 0.654 bits per heavy atom. The molecule has 0 saturated carbocycles. The topological polar surface area (TPSA) is 125 Å². The summed E-state index contributed by atoms with van der Waals surface area (Å²) in [7, 11) is 0. The third kappa shape index (κ3) is 4.57. The second-order valence-electron chi connectivity index (χ2n) is 14.7. The van der Waals surface area contributed by atoms with Gasteiger partial charge in [0.25, 0.3) is 0 Å². The van der Waals surface area contributed by atoms with Crippen LogP contribution in [0.2, 0.25) is 0 Å². The number of anilines is 2. The van der Waals surface area contributed by atoms with E-state index in [1.165, 1.54) is 21.9 Å². The first kappa shape index (κ1) is 33.6. The first-order valence-electron chi connectivity index (χ1n) is 17.2. The van der Waals surface area contributed by atoms with Gasteiger partial charge in [0.1, 0.15) is 12.5 Å². The molecule has 10 nitrogen and oxygen atoms in total. The number of nitrogens with zero attached hydrogens (tertiary/aromatic N) is 4. The van der Waals surface area contributed by atoms with E-state index >= 15 is 0 Å². The number of benzene rings is 2. The molecular formula is C36H30F6N4O6. The van der Waals surface area contributed by atoms with Crippen LogP contribution in [0.15, 0.2) is 36.4 Å². The van der Waals surface area contributed by atoms with Crippen LogP contribution in [0.3, 0.4) is 0 Å². The van der Waals surface area contributed by atoms with Gasteiger partial charge < -0.3 is 18.9 Å². The number of carbonyl (C=O) groups excluding carboxylic acids is 2. The summed E-state index contributed by atoms with van der Waals surface area (Å²) in [5.41, 5.74) is -3.52. The van der Waals surface area contributed by atoms with E-state index in [4.69, 9.17) is 29.5 Å².